The van der Waals surface area contributed by atoms with Crippen LogP contribution in [0, 0.1) is 11.6 Å². The van der Waals surface area contributed by atoms with Gasteiger partial charge in [0.25, 0.3) is 0 Å². The quantitative estimate of drug-likeness (QED) is 0.823. The maximum atomic E-state index is 14.4. The van der Waals surface area contributed by atoms with Crippen molar-refractivity contribution in [3.8, 4) is 11.5 Å². The minimum Gasteiger partial charge on any atom is -0.493 e. The first-order valence-electron chi connectivity index (χ1n) is 9.64. The summed E-state index contributed by atoms with van der Waals surface area (Å²) in [5, 5.41) is 2.78. The van der Waals surface area contributed by atoms with E-state index in [1.54, 1.807) is 13.2 Å². The van der Waals surface area contributed by atoms with E-state index < -0.39 is 17.6 Å². The summed E-state index contributed by atoms with van der Waals surface area (Å²) >= 11 is 0. The van der Waals surface area contributed by atoms with Gasteiger partial charge in [0.1, 0.15) is 0 Å². The number of carbonyl (C=O) groups is 2. The Bertz CT molecular complexity index is 1060. The third-order valence-electron chi connectivity index (χ3n) is 5.77. The van der Waals surface area contributed by atoms with Crippen molar-refractivity contribution < 1.29 is 27.8 Å². The fourth-order valence-corrected chi connectivity index (χ4v) is 4.36. The van der Waals surface area contributed by atoms with E-state index in [0.29, 0.717) is 29.2 Å². The van der Waals surface area contributed by atoms with Crippen LogP contribution in [0.25, 0.3) is 0 Å². The molecule has 0 aromatic heterocycles. The lowest BCUT2D eigenvalue weighted by molar-refractivity contribution is -0.122. The molecule has 0 bridgehead atoms. The Balaban J connectivity index is 1.72. The molecule has 0 radical (unpaired) electrons. The fourth-order valence-electron chi connectivity index (χ4n) is 4.36. The lowest BCUT2D eigenvalue weighted by Gasteiger charge is -2.34. The number of amides is 1. The number of nitrogens with one attached hydrogen (secondary N) is 1. The van der Waals surface area contributed by atoms with Crippen molar-refractivity contribution in [2.45, 2.75) is 31.1 Å². The largest absolute Gasteiger partial charge is 0.493 e. The van der Waals surface area contributed by atoms with Crippen LogP contribution in [0.4, 0.5) is 8.78 Å². The number of hydrogen-bond acceptors (Lipinski definition) is 4. The highest BCUT2D eigenvalue weighted by Crippen LogP contribution is 2.44. The van der Waals surface area contributed by atoms with Gasteiger partial charge in [-0.2, -0.15) is 0 Å². The maximum Gasteiger partial charge on any atom is 0.225 e. The first-order valence-corrected chi connectivity index (χ1v) is 9.64. The Hall–Kier alpha value is -3.22. The topological polar surface area (TPSA) is 64.6 Å². The predicted molar refractivity (Wildman–Crippen MR) is 105 cm³/mol. The number of allylic oxidation sites excluding steroid dienone is 2. The lowest BCUT2D eigenvalue weighted by Crippen LogP contribution is -2.38. The molecule has 0 saturated heterocycles. The number of methoxy groups -OCH3 is 2. The fraction of sp³-hybridized carbons (Fsp3) is 0.304. The number of ketones is 1. The zero-order chi connectivity index (χ0) is 21.4. The monoisotopic (exact) mass is 413 g/mol. The molecule has 1 N–H and O–H groups in total. The molecule has 4 rings (SSSR count). The van der Waals surface area contributed by atoms with E-state index in [4.69, 9.17) is 9.47 Å². The van der Waals surface area contributed by atoms with E-state index in [0.717, 1.165) is 11.6 Å². The molecule has 5 nitrogen and oxygen atoms in total. The zero-order valence-corrected chi connectivity index (χ0v) is 16.6. The number of halogens is 2. The van der Waals surface area contributed by atoms with Gasteiger partial charge in [-0.3, -0.25) is 9.59 Å². The average Bonchev–Trinajstić information content (AvgIpc) is 2.74. The molecule has 0 fully saturated rings. The summed E-state index contributed by atoms with van der Waals surface area (Å²) in [5.74, 6) is -2.33. The summed E-state index contributed by atoms with van der Waals surface area (Å²) < 4.78 is 38.8. The molecular formula is C23H21F2NO4. The molecule has 156 valence electrons. The first kappa shape index (κ1) is 20.1. The van der Waals surface area contributed by atoms with Gasteiger partial charge in [0.05, 0.1) is 14.2 Å². The standard InChI is InChI=1S/C23H21F2NO4/c1-29-19-7-6-12(10-20(19)30-2)13-8-17-22(18(27)9-13)15(11-21(28)26-17)14-4-3-5-16(24)23(14)25/h3-7,10,13,15H,8-9,11H2,1-2H3,(H,26,28). The molecule has 2 aromatic rings. The van der Waals surface area contributed by atoms with Gasteiger partial charge >= 0.3 is 0 Å². The Morgan fingerprint density at radius 1 is 0.967 bits per heavy atom. The number of hydrogen-bond donors (Lipinski definition) is 1. The third-order valence-corrected chi connectivity index (χ3v) is 5.77. The Kier molecular flexibility index (Phi) is 5.28. The molecule has 1 heterocycles. The Morgan fingerprint density at radius 3 is 2.47 bits per heavy atom. The summed E-state index contributed by atoms with van der Waals surface area (Å²) in [4.78, 5) is 25.4. The lowest BCUT2D eigenvalue weighted by atomic mass is 9.73. The van der Waals surface area contributed by atoms with Crippen molar-refractivity contribution in [3.05, 3.63) is 70.4 Å². The van der Waals surface area contributed by atoms with Crippen molar-refractivity contribution >= 4 is 11.7 Å². The summed E-state index contributed by atoms with van der Waals surface area (Å²) in [6, 6.07) is 9.29. The van der Waals surface area contributed by atoms with Crippen LogP contribution in [0.15, 0.2) is 47.7 Å². The molecule has 1 aliphatic carbocycles. The van der Waals surface area contributed by atoms with Crippen LogP contribution < -0.4 is 14.8 Å². The molecule has 0 spiro atoms. The van der Waals surface area contributed by atoms with Gasteiger partial charge in [-0.1, -0.05) is 18.2 Å². The minimum absolute atomic E-state index is 0.0373. The van der Waals surface area contributed by atoms with Gasteiger partial charge < -0.3 is 14.8 Å². The molecule has 0 saturated carbocycles. The summed E-state index contributed by atoms with van der Waals surface area (Å²) in [5.41, 5.74) is 1.77. The molecule has 2 aliphatic rings. The minimum atomic E-state index is -1.01. The SMILES string of the molecule is COc1ccc(C2CC(=O)C3=C(C2)NC(=O)CC3c2cccc(F)c2F)cc1OC. The van der Waals surface area contributed by atoms with Crippen LogP contribution in [-0.2, 0) is 9.59 Å². The van der Waals surface area contributed by atoms with E-state index in [9.17, 15) is 18.4 Å². The van der Waals surface area contributed by atoms with Crippen LogP contribution in [-0.4, -0.2) is 25.9 Å². The maximum absolute atomic E-state index is 14.4. The van der Waals surface area contributed by atoms with Crippen molar-refractivity contribution in [2.24, 2.45) is 0 Å². The van der Waals surface area contributed by atoms with Crippen LogP contribution in [0.1, 0.15) is 42.2 Å². The van der Waals surface area contributed by atoms with E-state index in [-0.39, 0.29) is 36.0 Å². The highest BCUT2D eigenvalue weighted by atomic mass is 19.2. The number of rotatable bonds is 4. The van der Waals surface area contributed by atoms with Gasteiger partial charge in [0.2, 0.25) is 5.91 Å². The number of carbonyl (C=O) groups excluding carboxylic acids is 2. The van der Waals surface area contributed by atoms with Crippen molar-refractivity contribution in [3.63, 3.8) is 0 Å². The Morgan fingerprint density at radius 2 is 1.73 bits per heavy atom. The molecule has 2 unspecified atom stereocenters. The van der Waals surface area contributed by atoms with Gasteiger partial charge in [-0.15, -0.1) is 0 Å². The average molecular weight is 413 g/mol. The predicted octanol–water partition coefficient (Wildman–Crippen LogP) is 3.99. The second-order valence-electron chi connectivity index (χ2n) is 7.48. The molecule has 1 amide bonds. The van der Waals surface area contributed by atoms with Gasteiger partial charge in [-0.05, 0) is 41.7 Å². The smallest absolute Gasteiger partial charge is 0.225 e. The van der Waals surface area contributed by atoms with E-state index in [2.05, 4.69) is 5.32 Å². The van der Waals surface area contributed by atoms with Crippen LogP contribution in [0.5, 0.6) is 11.5 Å². The van der Waals surface area contributed by atoms with Gasteiger partial charge in [-0.25, -0.2) is 8.78 Å². The van der Waals surface area contributed by atoms with Crippen LogP contribution in [0.2, 0.25) is 0 Å². The van der Waals surface area contributed by atoms with Crippen LogP contribution in [0.3, 0.4) is 0 Å². The molecule has 7 heteroatoms. The molecule has 2 aromatic carbocycles. The molecule has 30 heavy (non-hydrogen) atoms. The summed E-state index contributed by atoms with van der Waals surface area (Å²) in [7, 11) is 3.08. The second kappa shape index (κ2) is 7.89. The van der Waals surface area contributed by atoms with E-state index in [1.165, 1.54) is 19.2 Å². The molecule has 1 aliphatic heterocycles. The van der Waals surface area contributed by atoms with Crippen LogP contribution >= 0.6 is 0 Å². The van der Waals surface area contributed by atoms with Crippen molar-refractivity contribution in [2.75, 3.05) is 14.2 Å². The third kappa shape index (κ3) is 3.44. The Labute approximate surface area is 172 Å². The normalized spacial score (nSPS) is 21.2. The zero-order valence-electron chi connectivity index (χ0n) is 16.6. The van der Waals surface area contributed by atoms with E-state index in [1.807, 2.05) is 12.1 Å². The number of Topliss-reactive ketones (excluding diaryl/α,β-unsaturated/α-hetero) is 1. The highest BCUT2D eigenvalue weighted by Gasteiger charge is 2.39. The number of ether oxygens (including phenoxy) is 2. The second-order valence-corrected chi connectivity index (χ2v) is 7.48. The summed E-state index contributed by atoms with van der Waals surface area (Å²) in [6.07, 6.45) is 0.527. The van der Waals surface area contributed by atoms with Crippen molar-refractivity contribution in [1.29, 1.82) is 0 Å². The summed E-state index contributed by atoms with van der Waals surface area (Å²) in [6.45, 7) is 0. The highest BCUT2D eigenvalue weighted by molar-refractivity contribution is 6.02. The molecular weight excluding hydrogens is 392 g/mol. The van der Waals surface area contributed by atoms with Crippen molar-refractivity contribution in [1.82, 2.24) is 5.32 Å². The van der Waals surface area contributed by atoms with Gasteiger partial charge in [0, 0.05) is 30.0 Å². The first-order chi connectivity index (χ1) is 14.4. The number of benzene rings is 2. The van der Waals surface area contributed by atoms with E-state index >= 15 is 0 Å². The van der Waals surface area contributed by atoms with Gasteiger partial charge in [0.15, 0.2) is 28.9 Å². The molecule has 2 atom stereocenters.